The Kier molecular flexibility index (Phi) is 1.82. The Morgan fingerprint density at radius 2 is 2.23 bits per heavy atom. The highest BCUT2D eigenvalue weighted by Gasteiger charge is 2.06. The fraction of sp³-hybridized carbons (Fsp3) is 0. The minimum atomic E-state index is -0.355. The lowest BCUT2D eigenvalue weighted by Crippen LogP contribution is -1.88. The molecule has 2 rings (SSSR count). The summed E-state index contributed by atoms with van der Waals surface area (Å²) in [6.45, 7) is 0. The molecular formula is C9H4BrFN2. The van der Waals surface area contributed by atoms with E-state index in [1.807, 2.05) is 6.07 Å². The topological polar surface area (TPSA) is 28.2 Å². The number of nitrogens with zero attached hydrogens (tertiary/aromatic N) is 2. The van der Waals surface area contributed by atoms with Crippen molar-refractivity contribution in [3.8, 4) is 6.07 Å². The molecule has 0 amide bonds. The summed E-state index contributed by atoms with van der Waals surface area (Å²) >= 11 is 3.29. The van der Waals surface area contributed by atoms with Crippen LogP contribution in [0.1, 0.15) is 5.69 Å². The molecule has 64 valence electrons. The SMILES string of the molecule is N#Cc1cc(Br)c2ccc(F)cn12. The second-order valence-electron chi connectivity index (χ2n) is 2.59. The minimum Gasteiger partial charge on any atom is -0.304 e. The first-order valence-electron chi connectivity index (χ1n) is 3.58. The van der Waals surface area contributed by atoms with Gasteiger partial charge in [-0.05, 0) is 34.1 Å². The molecule has 2 heterocycles. The Hall–Kier alpha value is -1.34. The van der Waals surface area contributed by atoms with Crippen molar-refractivity contribution in [1.82, 2.24) is 4.40 Å². The molecule has 0 saturated heterocycles. The molecule has 0 radical (unpaired) electrons. The molecule has 2 nitrogen and oxygen atoms in total. The molecule has 0 N–H and O–H groups in total. The number of pyridine rings is 1. The van der Waals surface area contributed by atoms with E-state index in [9.17, 15) is 4.39 Å². The van der Waals surface area contributed by atoms with Crippen molar-refractivity contribution >= 4 is 21.4 Å². The van der Waals surface area contributed by atoms with E-state index in [-0.39, 0.29) is 5.82 Å². The van der Waals surface area contributed by atoms with Gasteiger partial charge in [0.1, 0.15) is 17.6 Å². The molecular weight excluding hydrogens is 235 g/mol. The van der Waals surface area contributed by atoms with Crippen molar-refractivity contribution in [2.45, 2.75) is 0 Å². The van der Waals surface area contributed by atoms with Crippen LogP contribution in [0.25, 0.3) is 5.52 Å². The van der Waals surface area contributed by atoms with Crippen LogP contribution in [0.15, 0.2) is 28.9 Å². The molecule has 2 aromatic rings. The summed E-state index contributed by atoms with van der Waals surface area (Å²) in [5.74, 6) is -0.355. The van der Waals surface area contributed by atoms with E-state index in [1.165, 1.54) is 16.7 Å². The van der Waals surface area contributed by atoms with Crippen LogP contribution in [0.5, 0.6) is 0 Å². The quantitative estimate of drug-likeness (QED) is 0.694. The molecule has 0 fully saturated rings. The highest BCUT2D eigenvalue weighted by Crippen LogP contribution is 2.22. The average Bonchev–Trinajstić information content (AvgIpc) is 2.42. The molecule has 0 aliphatic rings. The van der Waals surface area contributed by atoms with Crippen molar-refractivity contribution in [3.05, 3.63) is 40.4 Å². The number of fused-ring (bicyclic) bond motifs is 1. The fourth-order valence-corrected chi connectivity index (χ4v) is 1.76. The first-order chi connectivity index (χ1) is 6.22. The highest BCUT2D eigenvalue weighted by molar-refractivity contribution is 9.10. The van der Waals surface area contributed by atoms with Gasteiger partial charge in [-0.15, -0.1) is 0 Å². The monoisotopic (exact) mass is 238 g/mol. The number of halogens is 2. The van der Waals surface area contributed by atoms with E-state index in [0.29, 0.717) is 5.69 Å². The predicted octanol–water partition coefficient (Wildman–Crippen LogP) is 2.71. The Bertz CT molecular complexity index is 510. The van der Waals surface area contributed by atoms with Crippen LogP contribution in [0.2, 0.25) is 0 Å². The molecule has 0 bridgehead atoms. The summed E-state index contributed by atoms with van der Waals surface area (Å²) in [4.78, 5) is 0. The molecule has 0 saturated carbocycles. The molecule has 4 heteroatoms. The van der Waals surface area contributed by atoms with Crippen LogP contribution in [0.3, 0.4) is 0 Å². The Morgan fingerprint density at radius 1 is 1.46 bits per heavy atom. The van der Waals surface area contributed by atoms with Gasteiger partial charge in [-0.2, -0.15) is 5.26 Å². The molecule has 0 unspecified atom stereocenters. The zero-order valence-corrected chi connectivity index (χ0v) is 8.05. The lowest BCUT2D eigenvalue weighted by molar-refractivity contribution is 0.619. The summed E-state index contributed by atoms with van der Waals surface area (Å²) < 4.78 is 15.1. The van der Waals surface area contributed by atoms with Gasteiger partial charge < -0.3 is 4.40 Å². The van der Waals surface area contributed by atoms with E-state index >= 15 is 0 Å². The van der Waals surface area contributed by atoms with Crippen LogP contribution in [0, 0.1) is 17.1 Å². The average molecular weight is 239 g/mol. The second kappa shape index (κ2) is 2.86. The summed E-state index contributed by atoms with van der Waals surface area (Å²) in [6, 6.07) is 6.63. The van der Waals surface area contributed by atoms with Crippen molar-refractivity contribution in [1.29, 1.82) is 5.26 Å². The van der Waals surface area contributed by atoms with E-state index < -0.39 is 0 Å². The molecule has 0 aromatic carbocycles. The number of rotatable bonds is 0. The third-order valence-electron chi connectivity index (χ3n) is 1.79. The van der Waals surface area contributed by atoms with Crippen molar-refractivity contribution in [3.63, 3.8) is 0 Å². The summed E-state index contributed by atoms with van der Waals surface area (Å²) in [5, 5.41) is 8.73. The van der Waals surface area contributed by atoms with Crippen molar-refractivity contribution in [2.24, 2.45) is 0 Å². The third-order valence-corrected chi connectivity index (χ3v) is 2.43. The van der Waals surface area contributed by atoms with E-state index in [2.05, 4.69) is 15.9 Å². The molecule has 2 aromatic heterocycles. The lowest BCUT2D eigenvalue weighted by Gasteiger charge is -1.95. The van der Waals surface area contributed by atoms with Gasteiger partial charge in [0, 0.05) is 10.7 Å². The van der Waals surface area contributed by atoms with E-state index in [0.717, 1.165) is 9.99 Å². The smallest absolute Gasteiger partial charge is 0.139 e. The molecule has 0 aliphatic heterocycles. The largest absolute Gasteiger partial charge is 0.304 e. The number of hydrogen-bond donors (Lipinski definition) is 0. The maximum absolute atomic E-state index is 12.8. The predicted molar refractivity (Wildman–Crippen MR) is 49.8 cm³/mol. The van der Waals surface area contributed by atoms with Crippen molar-refractivity contribution in [2.75, 3.05) is 0 Å². The van der Waals surface area contributed by atoms with Gasteiger partial charge in [-0.25, -0.2) is 4.39 Å². The summed E-state index contributed by atoms with van der Waals surface area (Å²) in [5.41, 5.74) is 1.21. The number of aromatic nitrogens is 1. The first kappa shape index (κ1) is 8.27. The number of hydrogen-bond acceptors (Lipinski definition) is 1. The molecule has 13 heavy (non-hydrogen) atoms. The van der Waals surface area contributed by atoms with Gasteiger partial charge in [0.25, 0.3) is 0 Å². The molecule has 0 atom stereocenters. The Morgan fingerprint density at radius 3 is 2.92 bits per heavy atom. The highest BCUT2D eigenvalue weighted by atomic mass is 79.9. The maximum atomic E-state index is 12.8. The normalized spacial score (nSPS) is 10.2. The second-order valence-corrected chi connectivity index (χ2v) is 3.45. The standard InChI is InChI=1S/C9H4BrFN2/c10-8-3-7(4-12)13-5-6(11)1-2-9(8)13/h1-3,5H. The van der Waals surface area contributed by atoms with Crippen molar-refractivity contribution < 1.29 is 4.39 Å². The van der Waals surface area contributed by atoms with Gasteiger partial charge in [0.05, 0.1) is 5.52 Å². The molecule has 0 aliphatic carbocycles. The zero-order valence-electron chi connectivity index (χ0n) is 6.46. The summed E-state index contributed by atoms with van der Waals surface area (Å²) in [7, 11) is 0. The fourth-order valence-electron chi connectivity index (χ4n) is 1.22. The van der Waals surface area contributed by atoms with Crippen LogP contribution >= 0.6 is 15.9 Å². The van der Waals surface area contributed by atoms with Crippen LogP contribution in [-0.2, 0) is 0 Å². The minimum absolute atomic E-state index is 0.355. The third kappa shape index (κ3) is 1.21. The first-order valence-corrected chi connectivity index (χ1v) is 4.38. The van der Waals surface area contributed by atoms with Gasteiger partial charge >= 0.3 is 0 Å². The van der Waals surface area contributed by atoms with Crippen LogP contribution in [0.4, 0.5) is 4.39 Å². The van der Waals surface area contributed by atoms with Gasteiger partial charge in [-0.1, -0.05) is 0 Å². The van der Waals surface area contributed by atoms with Gasteiger partial charge in [0.15, 0.2) is 0 Å². The Labute approximate surface area is 82.3 Å². The maximum Gasteiger partial charge on any atom is 0.139 e. The summed E-state index contributed by atoms with van der Waals surface area (Å²) in [6.07, 6.45) is 1.29. The van der Waals surface area contributed by atoms with Gasteiger partial charge in [-0.3, -0.25) is 0 Å². The lowest BCUT2D eigenvalue weighted by atomic mass is 10.4. The van der Waals surface area contributed by atoms with Gasteiger partial charge in [0.2, 0.25) is 0 Å². The van der Waals surface area contributed by atoms with E-state index in [1.54, 1.807) is 12.1 Å². The Balaban J connectivity index is 2.91. The van der Waals surface area contributed by atoms with Crippen LogP contribution < -0.4 is 0 Å². The van der Waals surface area contributed by atoms with Crippen LogP contribution in [-0.4, -0.2) is 4.40 Å². The zero-order chi connectivity index (χ0) is 9.42. The number of nitriles is 1. The molecule has 0 spiro atoms. The van der Waals surface area contributed by atoms with E-state index in [4.69, 9.17) is 5.26 Å².